The van der Waals surface area contributed by atoms with Crippen molar-refractivity contribution in [2.75, 3.05) is 0 Å². The zero-order valence-electron chi connectivity index (χ0n) is 6.18. The zero-order chi connectivity index (χ0) is 8.39. The van der Waals surface area contributed by atoms with Gasteiger partial charge in [0.15, 0.2) is 0 Å². The molecular formula is C8H7NO3. The molecule has 4 nitrogen and oxygen atoms in total. The standard InChI is InChI=1S/C8H7NO3/c10-8-11-4-6-1-2-9-3-7(6)5-12-8/h1-5,8,10H. The van der Waals surface area contributed by atoms with Gasteiger partial charge in [-0.15, -0.1) is 0 Å². The lowest BCUT2D eigenvalue weighted by molar-refractivity contribution is -0.183. The largest absolute Gasteiger partial charge is 0.440 e. The van der Waals surface area contributed by atoms with Crippen LogP contribution in [0.25, 0.3) is 12.5 Å². The third kappa shape index (κ3) is 1.24. The first-order valence-corrected chi connectivity index (χ1v) is 3.46. The molecule has 2 heterocycles. The highest BCUT2D eigenvalue weighted by atomic mass is 16.8. The van der Waals surface area contributed by atoms with E-state index in [-0.39, 0.29) is 0 Å². The van der Waals surface area contributed by atoms with Crippen molar-refractivity contribution in [1.29, 1.82) is 0 Å². The van der Waals surface area contributed by atoms with Gasteiger partial charge in [0.05, 0.1) is 12.5 Å². The highest BCUT2D eigenvalue weighted by Crippen LogP contribution is 1.92. The van der Waals surface area contributed by atoms with E-state index in [0.717, 1.165) is 10.4 Å². The molecule has 4 heteroatoms. The predicted octanol–water partition coefficient (Wildman–Crippen LogP) is -1.12. The second-order valence-electron chi connectivity index (χ2n) is 2.32. The van der Waals surface area contributed by atoms with E-state index in [1.807, 2.05) is 0 Å². The van der Waals surface area contributed by atoms with E-state index in [2.05, 4.69) is 4.98 Å². The molecule has 2 rings (SSSR count). The zero-order valence-corrected chi connectivity index (χ0v) is 6.18. The lowest BCUT2D eigenvalue weighted by atomic mass is 10.3. The number of aliphatic hydroxyl groups is 1. The Labute approximate surface area is 68.4 Å². The van der Waals surface area contributed by atoms with E-state index in [1.54, 1.807) is 18.5 Å². The summed E-state index contributed by atoms with van der Waals surface area (Å²) in [6, 6.07) is 1.77. The fourth-order valence-electron chi connectivity index (χ4n) is 0.918. The van der Waals surface area contributed by atoms with Crippen LogP contribution in [-0.2, 0) is 9.47 Å². The SMILES string of the molecule is OC1OC=c2ccncc2=CO1. The lowest BCUT2D eigenvalue weighted by Crippen LogP contribution is -2.23. The van der Waals surface area contributed by atoms with Crippen molar-refractivity contribution >= 4 is 12.5 Å². The number of aromatic nitrogens is 1. The minimum Gasteiger partial charge on any atom is -0.440 e. The van der Waals surface area contributed by atoms with Gasteiger partial charge < -0.3 is 14.6 Å². The van der Waals surface area contributed by atoms with Crippen LogP contribution >= 0.6 is 0 Å². The van der Waals surface area contributed by atoms with Gasteiger partial charge in [-0.05, 0) is 6.07 Å². The summed E-state index contributed by atoms with van der Waals surface area (Å²) >= 11 is 0. The van der Waals surface area contributed by atoms with Crippen LogP contribution in [0, 0.1) is 0 Å². The Morgan fingerprint density at radius 1 is 1.25 bits per heavy atom. The van der Waals surface area contributed by atoms with Crippen LogP contribution in [0.3, 0.4) is 0 Å². The molecule has 1 aromatic rings. The van der Waals surface area contributed by atoms with E-state index < -0.39 is 6.48 Å². The molecule has 1 aromatic heterocycles. The molecule has 0 amide bonds. The van der Waals surface area contributed by atoms with E-state index in [0.29, 0.717) is 0 Å². The number of hydrogen-bond acceptors (Lipinski definition) is 4. The van der Waals surface area contributed by atoms with E-state index in [1.165, 1.54) is 12.5 Å². The van der Waals surface area contributed by atoms with Crippen LogP contribution in [0.4, 0.5) is 0 Å². The van der Waals surface area contributed by atoms with Crippen LogP contribution in [0.5, 0.6) is 0 Å². The number of aliphatic hydroxyl groups excluding tert-OH is 1. The van der Waals surface area contributed by atoms with Gasteiger partial charge in [0.25, 0.3) is 0 Å². The molecule has 62 valence electrons. The maximum atomic E-state index is 8.93. The molecule has 0 spiro atoms. The van der Waals surface area contributed by atoms with Gasteiger partial charge in [-0.1, -0.05) is 0 Å². The van der Waals surface area contributed by atoms with Gasteiger partial charge in [-0.25, -0.2) is 0 Å². The number of fused-ring (bicyclic) bond motifs is 1. The third-order valence-corrected chi connectivity index (χ3v) is 1.51. The Morgan fingerprint density at radius 2 is 2.00 bits per heavy atom. The van der Waals surface area contributed by atoms with Crippen molar-refractivity contribution in [3.8, 4) is 0 Å². The molecule has 0 fully saturated rings. The maximum absolute atomic E-state index is 8.93. The van der Waals surface area contributed by atoms with Crippen LogP contribution < -0.4 is 10.4 Å². The smallest absolute Gasteiger partial charge is 0.357 e. The highest BCUT2D eigenvalue weighted by Gasteiger charge is 2.02. The number of ether oxygens (including phenoxy) is 2. The molecule has 0 aromatic carbocycles. The molecular weight excluding hydrogens is 158 g/mol. The highest BCUT2D eigenvalue weighted by molar-refractivity contribution is 5.23. The molecule has 1 atom stereocenters. The molecule has 0 bridgehead atoms. The maximum Gasteiger partial charge on any atom is 0.357 e. The second kappa shape index (κ2) is 2.83. The minimum atomic E-state index is -1.22. The molecule has 12 heavy (non-hydrogen) atoms. The Bertz CT molecular complexity index is 351. The predicted molar refractivity (Wildman–Crippen MR) is 40.6 cm³/mol. The number of rotatable bonds is 0. The second-order valence-corrected chi connectivity index (χ2v) is 2.32. The monoisotopic (exact) mass is 165 g/mol. The van der Waals surface area contributed by atoms with E-state index >= 15 is 0 Å². The summed E-state index contributed by atoms with van der Waals surface area (Å²) in [6.07, 6.45) is 6.12. The number of hydrogen-bond donors (Lipinski definition) is 1. The molecule has 1 aliphatic rings. The fourth-order valence-corrected chi connectivity index (χ4v) is 0.918. The molecule has 0 aliphatic carbocycles. The summed E-state index contributed by atoms with van der Waals surface area (Å²) in [5.41, 5.74) is 0. The first-order chi connectivity index (χ1) is 5.86. The lowest BCUT2D eigenvalue weighted by Gasteiger charge is -2.05. The average molecular weight is 165 g/mol. The van der Waals surface area contributed by atoms with Crippen LogP contribution in [0.15, 0.2) is 18.5 Å². The first kappa shape index (κ1) is 7.12. The van der Waals surface area contributed by atoms with Crippen molar-refractivity contribution < 1.29 is 14.6 Å². The van der Waals surface area contributed by atoms with Crippen LogP contribution in [-0.4, -0.2) is 16.6 Å². The van der Waals surface area contributed by atoms with Crippen molar-refractivity contribution in [2.45, 2.75) is 6.48 Å². The van der Waals surface area contributed by atoms with Crippen LogP contribution in [0.2, 0.25) is 0 Å². The molecule has 0 radical (unpaired) electrons. The van der Waals surface area contributed by atoms with Gasteiger partial charge in [-0.3, -0.25) is 4.98 Å². The van der Waals surface area contributed by atoms with Gasteiger partial charge in [-0.2, -0.15) is 0 Å². The van der Waals surface area contributed by atoms with E-state index in [4.69, 9.17) is 14.6 Å². The summed E-state index contributed by atoms with van der Waals surface area (Å²) in [5, 5.41) is 10.6. The normalized spacial score (nSPS) is 20.2. The summed E-state index contributed by atoms with van der Waals surface area (Å²) in [7, 11) is 0. The van der Waals surface area contributed by atoms with Gasteiger partial charge >= 0.3 is 6.48 Å². The Balaban J connectivity index is 2.61. The van der Waals surface area contributed by atoms with Crippen molar-refractivity contribution in [2.24, 2.45) is 0 Å². The van der Waals surface area contributed by atoms with Crippen molar-refractivity contribution in [1.82, 2.24) is 4.98 Å². The summed E-state index contributed by atoms with van der Waals surface area (Å²) < 4.78 is 9.54. The molecule has 0 saturated carbocycles. The third-order valence-electron chi connectivity index (χ3n) is 1.51. The molecule has 0 saturated heterocycles. The van der Waals surface area contributed by atoms with Gasteiger partial charge in [0.1, 0.15) is 0 Å². The molecule has 1 aliphatic heterocycles. The summed E-state index contributed by atoms with van der Waals surface area (Å²) in [4.78, 5) is 3.90. The van der Waals surface area contributed by atoms with Gasteiger partial charge in [0.2, 0.25) is 0 Å². The quantitative estimate of drug-likeness (QED) is 0.529. The summed E-state index contributed by atoms with van der Waals surface area (Å²) in [5.74, 6) is 0. The van der Waals surface area contributed by atoms with Crippen molar-refractivity contribution in [3.05, 3.63) is 28.9 Å². The fraction of sp³-hybridized carbons (Fsp3) is 0.125. The van der Waals surface area contributed by atoms with Crippen LogP contribution in [0.1, 0.15) is 0 Å². The molecule has 1 N–H and O–H groups in total. The Kier molecular flexibility index (Phi) is 1.68. The number of pyridine rings is 1. The van der Waals surface area contributed by atoms with Gasteiger partial charge in [0, 0.05) is 22.8 Å². The van der Waals surface area contributed by atoms with Crippen molar-refractivity contribution in [3.63, 3.8) is 0 Å². The summed E-state index contributed by atoms with van der Waals surface area (Å²) in [6.45, 7) is -1.22. The average Bonchev–Trinajstić information content (AvgIpc) is 2.29. The van der Waals surface area contributed by atoms with E-state index in [9.17, 15) is 0 Å². The topological polar surface area (TPSA) is 51.6 Å². The Morgan fingerprint density at radius 3 is 2.83 bits per heavy atom. The first-order valence-electron chi connectivity index (χ1n) is 3.46. The number of nitrogens with zero attached hydrogens (tertiary/aromatic N) is 1. The Hall–Kier alpha value is -1.55. The molecule has 1 unspecified atom stereocenters. The minimum absolute atomic E-state index is 0.786.